The Morgan fingerprint density at radius 2 is 2.25 bits per heavy atom. The summed E-state index contributed by atoms with van der Waals surface area (Å²) in [7, 11) is 0. The molecule has 0 saturated heterocycles. The molecule has 4 nitrogen and oxygen atoms in total. The van der Waals surface area contributed by atoms with Gasteiger partial charge in [-0.1, -0.05) is 0 Å². The third kappa shape index (κ3) is 2.93. The van der Waals surface area contributed by atoms with Crippen molar-refractivity contribution in [3.05, 3.63) is 52.1 Å². The number of furan rings is 1. The number of nitrogens with zero attached hydrogens (tertiary/aromatic N) is 2. The Balaban J connectivity index is 1.81. The molecule has 1 aliphatic rings. The van der Waals surface area contributed by atoms with Crippen LogP contribution in [0.1, 0.15) is 34.7 Å². The van der Waals surface area contributed by atoms with Gasteiger partial charge in [0.05, 0.1) is 12.1 Å². The summed E-state index contributed by atoms with van der Waals surface area (Å²) < 4.78 is 6.40. The molecular weight excluding hydrogens is 320 g/mol. The van der Waals surface area contributed by atoms with Gasteiger partial charge in [-0.25, -0.2) is 0 Å². The molecule has 1 fully saturated rings. The lowest BCUT2D eigenvalue weighted by Gasteiger charge is -2.21. The molecule has 20 heavy (non-hydrogen) atoms. The van der Waals surface area contributed by atoms with E-state index in [0.29, 0.717) is 18.2 Å². The normalized spacial score (nSPS) is 14.3. The fourth-order valence-electron chi connectivity index (χ4n) is 2.19. The first-order chi connectivity index (χ1) is 9.63. The third-order valence-electron chi connectivity index (χ3n) is 3.32. The molecule has 0 atom stereocenters. The lowest BCUT2D eigenvalue weighted by molar-refractivity contribution is 0.0716. The van der Waals surface area contributed by atoms with Gasteiger partial charge in [0.1, 0.15) is 11.5 Å². The molecule has 1 amide bonds. The van der Waals surface area contributed by atoms with Crippen LogP contribution in [0.2, 0.25) is 0 Å². The van der Waals surface area contributed by atoms with Crippen molar-refractivity contribution in [1.29, 1.82) is 0 Å². The standard InChI is InChI=1S/C15H15BrN2O2/c1-10-2-5-14(20-10)9-18(13-3-4-13)15(19)11-6-12(16)8-17-7-11/h2,5-8,13H,3-4,9H2,1H3. The van der Waals surface area contributed by atoms with Crippen LogP contribution in [0.15, 0.2) is 39.5 Å². The molecule has 1 saturated carbocycles. The van der Waals surface area contributed by atoms with Crippen LogP contribution in [0.25, 0.3) is 0 Å². The number of halogens is 1. The fourth-order valence-corrected chi connectivity index (χ4v) is 2.55. The molecule has 5 heteroatoms. The first kappa shape index (κ1) is 13.4. The van der Waals surface area contributed by atoms with E-state index in [1.54, 1.807) is 18.5 Å². The summed E-state index contributed by atoms with van der Waals surface area (Å²) in [5, 5.41) is 0. The molecular formula is C15H15BrN2O2. The fraction of sp³-hybridized carbons (Fsp3) is 0.333. The van der Waals surface area contributed by atoms with Gasteiger partial charge in [0.15, 0.2) is 0 Å². The molecule has 2 aromatic rings. The smallest absolute Gasteiger partial charge is 0.256 e. The van der Waals surface area contributed by atoms with Gasteiger partial charge >= 0.3 is 0 Å². The minimum Gasteiger partial charge on any atom is -0.464 e. The van der Waals surface area contributed by atoms with E-state index < -0.39 is 0 Å². The minimum atomic E-state index is 0.00959. The number of hydrogen-bond acceptors (Lipinski definition) is 3. The Hall–Kier alpha value is -1.62. The van der Waals surface area contributed by atoms with E-state index in [1.165, 1.54) is 0 Å². The van der Waals surface area contributed by atoms with Crippen molar-refractivity contribution >= 4 is 21.8 Å². The first-order valence-electron chi connectivity index (χ1n) is 6.60. The van der Waals surface area contributed by atoms with E-state index in [2.05, 4.69) is 20.9 Å². The third-order valence-corrected chi connectivity index (χ3v) is 3.76. The van der Waals surface area contributed by atoms with Gasteiger partial charge in [-0.3, -0.25) is 9.78 Å². The number of aryl methyl sites for hydroxylation is 1. The Bertz CT molecular complexity index is 634. The minimum absolute atomic E-state index is 0.00959. The van der Waals surface area contributed by atoms with Crippen molar-refractivity contribution in [2.75, 3.05) is 0 Å². The van der Waals surface area contributed by atoms with Crippen molar-refractivity contribution in [2.24, 2.45) is 0 Å². The van der Waals surface area contributed by atoms with Crippen LogP contribution < -0.4 is 0 Å². The van der Waals surface area contributed by atoms with Gasteiger partial charge in [-0.15, -0.1) is 0 Å². The zero-order chi connectivity index (χ0) is 14.1. The molecule has 0 aliphatic heterocycles. The van der Waals surface area contributed by atoms with E-state index in [9.17, 15) is 4.79 Å². The maximum Gasteiger partial charge on any atom is 0.256 e. The second-order valence-electron chi connectivity index (χ2n) is 5.07. The van der Waals surface area contributed by atoms with E-state index in [4.69, 9.17) is 4.42 Å². The van der Waals surface area contributed by atoms with Gasteiger partial charge in [0, 0.05) is 22.9 Å². The predicted octanol–water partition coefficient (Wildman–Crippen LogP) is 3.55. The van der Waals surface area contributed by atoms with Crippen molar-refractivity contribution < 1.29 is 9.21 Å². The van der Waals surface area contributed by atoms with E-state index in [0.717, 1.165) is 28.8 Å². The highest BCUT2D eigenvalue weighted by Crippen LogP contribution is 2.30. The number of carbonyl (C=O) groups is 1. The average Bonchev–Trinajstić information content (AvgIpc) is 3.19. The van der Waals surface area contributed by atoms with Crippen LogP contribution in [-0.2, 0) is 6.54 Å². The highest BCUT2D eigenvalue weighted by molar-refractivity contribution is 9.10. The molecule has 0 aromatic carbocycles. The van der Waals surface area contributed by atoms with Crippen LogP contribution >= 0.6 is 15.9 Å². The molecule has 0 radical (unpaired) electrons. The summed E-state index contributed by atoms with van der Waals surface area (Å²) in [6, 6.07) is 5.98. The SMILES string of the molecule is Cc1ccc(CN(C(=O)c2cncc(Br)c2)C2CC2)o1. The summed E-state index contributed by atoms with van der Waals surface area (Å²) in [5.74, 6) is 1.70. The van der Waals surface area contributed by atoms with Crippen molar-refractivity contribution in [2.45, 2.75) is 32.4 Å². The molecule has 0 unspecified atom stereocenters. The maximum absolute atomic E-state index is 12.6. The number of carbonyl (C=O) groups excluding carboxylic acids is 1. The lowest BCUT2D eigenvalue weighted by atomic mass is 10.2. The molecule has 0 spiro atoms. The van der Waals surface area contributed by atoms with E-state index in [1.807, 2.05) is 24.0 Å². The molecule has 104 valence electrons. The van der Waals surface area contributed by atoms with Crippen LogP contribution in [0.4, 0.5) is 0 Å². The average molecular weight is 335 g/mol. The van der Waals surface area contributed by atoms with Gasteiger partial charge in [-0.05, 0) is 53.9 Å². The number of pyridine rings is 1. The summed E-state index contributed by atoms with van der Waals surface area (Å²) in [5.41, 5.74) is 0.606. The Morgan fingerprint density at radius 1 is 1.45 bits per heavy atom. The Labute approximate surface area is 125 Å². The van der Waals surface area contributed by atoms with E-state index in [-0.39, 0.29) is 5.91 Å². The molecule has 3 rings (SSSR count). The summed E-state index contributed by atoms with van der Waals surface area (Å²) >= 11 is 3.35. The van der Waals surface area contributed by atoms with Crippen LogP contribution in [0, 0.1) is 6.92 Å². The van der Waals surface area contributed by atoms with E-state index >= 15 is 0 Å². The van der Waals surface area contributed by atoms with Gasteiger partial charge in [0.2, 0.25) is 0 Å². The second-order valence-corrected chi connectivity index (χ2v) is 5.98. The number of aromatic nitrogens is 1. The Morgan fingerprint density at radius 3 is 2.85 bits per heavy atom. The van der Waals surface area contributed by atoms with Crippen molar-refractivity contribution in [1.82, 2.24) is 9.88 Å². The number of rotatable bonds is 4. The molecule has 0 N–H and O–H groups in total. The molecule has 1 aliphatic carbocycles. The second kappa shape index (κ2) is 5.40. The molecule has 2 aromatic heterocycles. The Kier molecular flexibility index (Phi) is 3.61. The van der Waals surface area contributed by atoms with Gasteiger partial charge < -0.3 is 9.32 Å². The van der Waals surface area contributed by atoms with Gasteiger partial charge in [0.25, 0.3) is 5.91 Å². The summed E-state index contributed by atoms with van der Waals surface area (Å²) in [6.07, 6.45) is 5.41. The topological polar surface area (TPSA) is 46.3 Å². The monoisotopic (exact) mass is 334 g/mol. The van der Waals surface area contributed by atoms with Crippen LogP contribution in [0.5, 0.6) is 0 Å². The lowest BCUT2D eigenvalue weighted by Crippen LogP contribution is -2.32. The highest BCUT2D eigenvalue weighted by atomic mass is 79.9. The largest absolute Gasteiger partial charge is 0.464 e. The van der Waals surface area contributed by atoms with Crippen LogP contribution in [-0.4, -0.2) is 21.8 Å². The first-order valence-corrected chi connectivity index (χ1v) is 7.39. The highest BCUT2D eigenvalue weighted by Gasteiger charge is 2.33. The van der Waals surface area contributed by atoms with Crippen molar-refractivity contribution in [3.63, 3.8) is 0 Å². The quantitative estimate of drug-likeness (QED) is 0.858. The summed E-state index contributed by atoms with van der Waals surface area (Å²) in [6.45, 7) is 2.43. The van der Waals surface area contributed by atoms with Crippen LogP contribution in [0.3, 0.4) is 0 Å². The predicted molar refractivity (Wildman–Crippen MR) is 78.3 cm³/mol. The maximum atomic E-state index is 12.6. The summed E-state index contributed by atoms with van der Waals surface area (Å²) in [4.78, 5) is 18.6. The molecule has 0 bridgehead atoms. The van der Waals surface area contributed by atoms with Gasteiger partial charge in [-0.2, -0.15) is 0 Å². The zero-order valence-corrected chi connectivity index (χ0v) is 12.8. The van der Waals surface area contributed by atoms with Crippen molar-refractivity contribution in [3.8, 4) is 0 Å². The number of hydrogen-bond donors (Lipinski definition) is 0. The molecule has 2 heterocycles. The number of amides is 1. The zero-order valence-electron chi connectivity index (χ0n) is 11.2.